The minimum absolute atomic E-state index is 0.359. The highest BCUT2D eigenvalue weighted by Gasteiger charge is 2.17. The van der Waals surface area contributed by atoms with E-state index in [2.05, 4.69) is 9.04 Å². The molecule has 16 heavy (non-hydrogen) atoms. The number of carbonyl (C=O) groups excluding carboxylic acids is 1. The summed E-state index contributed by atoms with van der Waals surface area (Å²) in [6, 6.07) is 5.26. The molecule has 2 rings (SSSR count). The Hall–Kier alpha value is -0.870. The molecule has 0 bridgehead atoms. The van der Waals surface area contributed by atoms with Crippen LogP contribution in [0.4, 0.5) is 5.69 Å². The lowest BCUT2D eigenvalue weighted by Crippen LogP contribution is -2.10. The highest BCUT2D eigenvalue weighted by Crippen LogP contribution is 2.34. The van der Waals surface area contributed by atoms with Crippen molar-refractivity contribution in [1.29, 1.82) is 0 Å². The number of hydrogen-bond donors (Lipinski definition) is 0. The van der Waals surface area contributed by atoms with Crippen LogP contribution in [0.15, 0.2) is 18.2 Å². The topological polar surface area (TPSA) is 29.5 Å². The van der Waals surface area contributed by atoms with Crippen LogP contribution in [0.3, 0.4) is 0 Å². The van der Waals surface area contributed by atoms with Crippen LogP contribution in [0.2, 0.25) is 5.02 Å². The minimum atomic E-state index is -0.359. The first-order chi connectivity index (χ1) is 7.72. The molecule has 1 aliphatic rings. The Morgan fingerprint density at radius 2 is 2.38 bits per heavy atom. The molecule has 0 amide bonds. The van der Waals surface area contributed by atoms with Crippen molar-refractivity contribution in [3.63, 3.8) is 0 Å². The number of carbonyl (C=O) groups is 1. The van der Waals surface area contributed by atoms with Crippen molar-refractivity contribution < 1.29 is 9.53 Å². The van der Waals surface area contributed by atoms with Gasteiger partial charge in [0.1, 0.15) is 0 Å². The maximum atomic E-state index is 11.3. The lowest BCUT2D eigenvalue weighted by atomic mass is 10.2. The Balaban J connectivity index is 2.25. The average Bonchev–Trinajstić information content (AvgIpc) is 2.81. The monoisotopic (exact) mass is 257 g/mol. The predicted octanol–water partition coefficient (Wildman–Crippen LogP) is 2.98. The first-order valence-corrected chi connectivity index (χ1v) is 6.33. The minimum Gasteiger partial charge on any atom is -0.465 e. The van der Waals surface area contributed by atoms with Gasteiger partial charge in [-0.15, -0.1) is 0 Å². The number of ether oxygens (including phenoxy) is 1. The number of methoxy groups -OCH3 is 1. The van der Waals surface area contributed by atoms with Gasteiger partial charge in [-0.2, -0.15) is 0 Å². The third-order valence-corrected chi connectivity index (χ3v) is 3.86. The third kappa shape index (κ3) is 2.28. The van der Waals surface area contributed by atoms with Gasteiger partial charge in [-0.1, -0.05) is 11.6 Å². The largest absolute Gasteiger partial charge is 0.465 e. The number of hydrogen-bond acceptors (Lipinski definition) is 4. The second kappa shape index (κ2) is 4.97. The van der Waals surface area contributed by atoms with Crippen molar-refractivity contribution in [2.45, 2.75) is 6.42 Å². The van der Waals surface area contributed by atoms with Gasteiger partial charge in [0.05, 0.1) is 23.4 Å². The van der Waals surface area contributed by atoms with Gasteiger partial charge in [0, 0.05) is 12.3 Å². The van der Waals surface area contributed by atoms with Gasteiger partial charge in [-0.3, -0.25) is 0 Å². The summed E-state index contributed by atoms with van der Waals surface area (Å²) in [5, 5.41) is 0.595. The summed E-state index contributed by atoms with van der Waals surface area (Å²) in [6.07, 6.45) is 1.17. The molecule has 1 fully saturated rings. The van der Waals surface area contributed by atoms with E-state index in [1.54, 1.807) is 24.1 Å². The second-order valence-corrected chi connectivity index (χ2v) is 4.96. The van der Waals surface area contributed by atoms with Gasteiger partial charge >= 0.3 is 5.97 Å². The van der Waals surface area contributed by atoms with Gasteiger partial charge in [-0.05, 0) is 36.6 Å². The number of esters is 1. The fraction of sp³-hybridized carbons (Fsp3) is 0.364. The number of benzene rings is 1. The Morgan fingerprint density at radius 3 is 2.94 bits per heavy atom. The van der Waals surface area contributed by atoms with Gasteiger partial charge < -0.3 is 9.04 Å². The standard InChI is InChI=1S/C11H12ClNO2S/c1-15-11(14)8-3-4-10(9(12)7-8)13-5-2-6-16-13/h3-4,7H,2,5-6H2,1H3. The summed E-state index contributed by atoms with van der Waals surface area (Å²) >= 11 is 7.91. The van der Waals surface area contributed by atoms with Crippen LogP contribution in [0.5, 0.6) is 0 Å². The molecule has 86 valence electrons. The van der Waals surface area contributed by atoms with Crippen molar-refractivity contribution >= 4 is 35.2 Å². The summed E-state index contributed by atoms with van der Waals surface area (Å²) in [5.74, 6) is 0.761. The number of rotatable bonds is 2. The molecule has 0 unspecified atom stereocenters. The lowest BCUT2D eigenvalue weighted by molar-refractivity contribution is 0.0601. The summed E-state index contributed by atoms with van der Waals surface area (Å²) in [7, 11) is 1.36. The second-order valence-electron chi connectivity index (χ2n) is 3.45. The fourth-order valence-electron chi connectivity index (χ4n) is 1.59. The zero-order chi connectivity index (χ0) is 11.5. The molecule has 0 aliphatic carbocycles. The van der Waals surface area contributed by atoms with Crippen LogP contribution in [0, 0.1) is 0 Å². The molecule has 0 aromatic heterocycles. The molecule has 0 saturated carbocycles. The van der Waals surface area contributed by atoms with Crippen molar-refractivity contribution in [1.82, 2.24) is 0 Å². The molecule has 0 spiro atoms. The molecule has 0 atom stereocenters. The average molecular weight is 258 g/mol. The maximum Gasteiger partial charge on any atom is 0.337 e. The Labute approximate surface area is 104 Å². The van der Waals surface area contributed by atoms with Crippen LogP contribution >= 0.6 is 23.5 Å². The number of anilines is 1. The van der Waals surface area contributed by atoms with Crippen molar-refractivity contribution in [3.8, 4) is 0 Å². The van der Waals surface area contributed by atoms with E-state index in [4.69, 9.17) is 11.6 Å². The van der Waals surface area contributed by atoms with Crippen molar-refractivity contribution in [2.75, 3.05) is 23.7 Å². The molecule has 0 radical (unpaired) electrons. The summed E-state index contributed by atoms with van der Waals surface area (Å²) in [6.45, 7) is 1.00. The molecule has 5 heteroatoms. The van der Waals surface area contributed by atoms with E-state index in [1.807, 2.05) is 6.07 Å². The Morgan fingerprint density at radius 1 is 1.56 bits per heavy atom. The quantitative estimate of drug-likeness (QED) is 0.602. The zero-order valence-electron chi connectivity index (χ0n) is 8.90. The van der Waals surface area contributed by atoms with Gasteiger partial charge in [0.25, 0.3) is 0 Å². The van der Waals surface area contributed by atoms with Gasteiger partial charge in [0.15, 0.2) is 0 Å². The maximum absolute atomic E-state index is 11.3. The highest BCUT2D eigenvalue weighted by molar-refractivity contribution is 8.00. The van der Waals surface area contributed by atoms with Crippen molar-refractivity contribution in [3.05, 3.63) is 28.8 Å². The lowest BCUT2D eigenvalue weighted by Gasteiger charge is -2.17. The van der Waals surface area contributed by atoms with E-state index in [1.165, 1.54) is 13.5 Å². The van der Waals surface area contributed by atoms with E-state index < -0.39 is 0 Å². The number of nitrogens with zero attached hydrogens (tertiary/aromatic N) is 1. The number of halogens is 1. The molecule has 1 saturated heterocycles. The van der Waals surface area contributed by atoms with Crippen LogP contribution in [-0.2, 0) is 4.74 Å². The molecule has 1 aliphatic heterocycles. The Kier molecular flexibility index (Phi) is 3.61. The Bertz CT molecular complexity index is 405. The van der Waals surface area contributed by atoms with Gasteiger partial charge in [-0.25, -0.2) is 4.79 Å². The molecule has 1 aromatic carbocycles. The third-order valence-electron chi connectivity index (χ3n) is 2.39. The SMILES string of the molecule is COC(=O)c1ccc(N2CCCS2)c(Cl)c1. The first kappa shape index (κ1) is 11.6. The first-order valence-electron chi connectivity index (χ1n) is 5.00. The van der Waals surface area contributed by atoms with Crippen molar-refractivity contribution in [2.24, 2.45) is 0 Å². The van der Waals surface area contributed by atoms with E-state index in [9.17, 15) is 4.79 Å². The summed E-state index contributed by atoms with van der Waals surface area (Å²) < 4.78 is 6.80. The molecule has 1 aromatic rings. The molecule has 1 heterocycles. The van der Waals surface area contributed by atoms with Crippen LogP contribution in [0.25, 0.3) is 0 Å². The predicted molar refractivity (Wildman–Crippen MR) is 67.2 cm³/mol. The van der Waals surface area contributed by atoms with Crippen LogP contribution < -0.4 is 4.31 Å². The van der Waals surface area contributed by atoms with E-state index in [-0.39, 0.29) is 5.97 Å². The highest BCUT2D eigenvalue weighted by atomic mass is 35.5. The zero-order valence-corrected chi connectivity index (χ0v) is 10.5. The normalized spacial score (nSPS) is 15.2. The van der Waals surface area contributed by atoms with Crippen LogP contribution in [0.1, 0.15) is 16.8 Å². The van der Waals surface area contributed by atoms with Crippen LogP contribution in [-0.4, -0.2) is 25.4 Å². The van der Waals surface area contributed by atoms with E-state index in [0.29, 0.717) is 10.6 Å². The smallest absolute Gasteiger partial charge is 0.337 e. The molecular formula is C11H12ClNO2S. The van der Waals surface area contributed by atoms with E-state index >= 15 is 0 Å². The summed E-state index contributed by atoms with van der Waals surface area (Å²) in [4.78, 5) is 11.3. The molecular weight excluding hydrogens is 246 g/mol. The summed E-state index contributed by atoms with van der Waals surface area (Å²) in [5.41, 5.74) is 1.46. The fourth-order valence-corrected chi connectivity index (χ4v) is 2.96. The molecule has 3 nitrogen and oxygen atoms in total. The van der Waals surface area contributed by atoms with Gasteiger partial charge in [0.2, 0.25) is 0 Å². The molecule has 0 N–H and O–H groups in total. The van der Waals surface area contributed by atoms with E-state index in [0.717, 1.165) is 18.0 Å².